The van der Waals surface area contributed by atoms with Gasteiger partial charge in [0.2, 0.25) is 0 Å². The Bertz CT molecular complexity index is 1400. The van der Waals surface area contributed by atoms with Gasteiger partial charge in [-0.15, -0.1) is 0 Å². The lowest BCUT2D eigenvalue weighted by atomic mass is 10.0. The molecule has 0 spiro atoms. The molecule has 0 bridgehead atoms. The number of aliphatic carboxylic acids is 1. The molecule has 0 aliphatic heterocycles. The first-order valence-corrected chi connectivity index (χ1v) is 11.8. The zero-order valence-electron chi connectivity index (χ0n) is 16.3. The zero-order chi connectivity index (χ0) is 23.1. The van der Waals surface area contributed by atoms with E-state index in [4.69, 9.17) is 5.11 Å². The topological polar surface area (TPSA) is 76.4 Å². The highest BCUT2D eigenvalue weighted by molar-refractivity contribution is 7.90. The third-order valence-corrected chi connectivity index (χ3v) is 7.46. The molecule has 0 saturated heterocycles. The maximum Gasteiger partial charge on any atom is 0.417 e. The van der Waals surface area contributed by atoms with Crippen LogP contribution >= 0.6 is 11.3 Å². The second-order valence-electron chi connectivity index (χ2n) is 7.09. The summed E-state index contributed by atoms with van der Waals surface area (Å²) in [6.07, 6.45) is -3.86. The molecule has 4 rings (SSSR count). The molecule has 0 saturated carbocycles. The standard InChI is InChI=1S/C22H16F3NO4S2/c23-22(24,25)18-3-1-2-4-20(18)32(29,30)26-12-15(6-8-21(27)28)17-11-14(5-7-19(17)26)16-9-10-31-13-16/h1-5,7,9-13H,6,8H2,(H,27,28). The van der Waals surface area contributed by atoms with E-state index in [1.807, 2.05) is 16.8 Å². The van der Waals surface area contributed by atoms with E-state index >= 15 is 0 Å². The molecule has 2 aromatic carbocycles. The lowest BCUT2D eigenvalue weighted by Gasteiger charge is -2.14. The van der Waals surface area contributed by atoms with Crippen LogP contribution in [0.25, 0.3) is 22.0 Å². The summed E-state index contributed by atoms with van der Waals surface area (Å²) >= 11 is 1.48. The minimum Gasteiger partial charge on any atom is -0.481 e. The second-order valence-corrected chi connectivity index (χ2v) is 9.65. The Morgan fingerprint density at radius 1 is 1.06 bits per heavy atom. The Labute approximate surface area is 185 Å². The molecule has 2 aromatic heterocycles. The molecule has 166 valence electrons. The number of hydrogen-bond acceptors (Lipinski definition) is 4. The number of halogens is 3. The van der Waals surface area contributed by atoms with Crippen molar-refractivity contribution in [2.24, 2.45) is 0 Å². The predicted molar refractivity (Wildman–Crippen MR) is 115 cm³/mol. The van der Waals surface area contributed by atoms with Crippen molar-refractivity contribution < 1.29 is 31.5 Å². The molecular formula is C22H16F3NO4S2. The van der Waals surface area contributed by atoms with E-state index in [-0.39, 0.29) is 18.4 Å². The van der Waals surface area contributed by atoms with Crippen molar-refractivity contribution in [2.75, 3.05) is 0 Å². The summed E-state index contributed by atoms with van der Waals surface area (Å²) in [4.78, 5) is 10.2. The molecule has 0 amide bonds. The predicted octanol–water partition coefficient (Wildman–Crippen LogP) is 5.64. The normalized spacial score (nSPS) is 12.3. The maximum atomic E-state index is 13.5. The number of fused-ring (bicyclic) bond motifs is 1. The first-order chi connectivity index (χ1) is 15.1. The molecular weight excluding hydrogens is 463 g/mol. The average Bonchev–Trinajstić information content (AvgIpc) is 3.39. The van der Waals surface area contributed by atoms with E-state index < -0.39 is 32.6 Å². The van der Waals surface area contributed by atoms with E-state index in [1.54, 1.807) is 12.1 Å². The first-order valence-electron chi connectivity index (χ1n) is 9.39. The fraction of sp³-hybridized carbons (Fsp3) is 0.136. The van der Waals surface area contributed by atoms with Crippen LogP contribution in [0.4, 0.5) is 13.2 Å². The van der Waals surface area contributed by atoms with Gasteiger partial charge in [-0.2, -0.15) is 24.5 Å². The second kappa shape index (κ2) is 8.10. The van der Waals surface area contributed by atoms with Gasteiger partial charge in [-0.05, 0) is 64.2 Å². The Kier molecular flexibility index (Phi) is 5.59. The van der Waals surface area contributed by atoms with Crippen molar-refractivity contribution >= 4 is 38.2 Å². The number of benzene rings is 2. The molecule has 1 N–H and O–H groups in total. The van der Waals surface area contributed by atoms with Gasteiger partial charge < -0.3 is 5.11 Å². The van der Waals surface area contributed by atoms with Crippen LogP contribution in [0.15, 0.2) is 70.4 Å². The number of rotatable bonds is 6. The molecule has 0 radical (unpaired) electrons. The number of carboxylic acid groups (broad SMARTS) is 1. The van der Waals surface area contributed by atoms with Crippen molar-refractivity contribution in [1.82, 2.24) is 3.97 Å². The Balaban J connectivity index is 1.94. The molecule has 0 atom stereocenters. The van der Waals surface area contributed by atoms with E-state index in [1.165, 1.54) is 29.7 Å². The highest BCUT2D eigenvalue weighted by Gasteiger charge is 2.37. The number of thiophene rings is 1. The minimum atomic E-state index is -4.86. The summed E-state index contributed by atoms with van der Waals surface area (Å²) in [5.74, 6) is -1.06. The number of carbonyl (C=O) groups is 1. The van der Waals surface area contributed by atoms with Crippen molar-refractivity contribution in [3.05, 3.63) is 76.6 Å². The number of alkyl halides is 3. The fourth-order valence-corrected chi connectivity index (χ4v) is 5.82. The van der Waals surface area contributed by atoms with E-state index in [9.17, 15) is 26.4 Å². The lowest BCUT2D eigenvalue weighted by Crippen LogP contribution is -2.18. The highest BCUT2D eigenvalue weighted by Crippen LogP contribution is 2.37. The zero-order valence-corrected chi connectivity index (χ0v) is 18.0. The first kappa shape index (κ1) is 22.1. The van der Waals surface area contributed by atoms with Gasteiger partial charge in [0.25, 0.3) is 10.0 Å². The van der Waals surface area contributed by atoms with Crippen LogP contribution in [0.5, 0.6) is 0 Å². The molecule has 10 heteroatoms. The van der Waals surface area contributed by atoms with Crippen molar-refractivity contribution in [3.8, 4) is 11.1 Å². The third kappa shape index (κ3) is 4.03. The summed E-state index contributed by atoms with van der Waals surface area (Å²) in [5, 5.41) is 13.3. The van der Waals surface area contributed by atoms with Gasteiger partial charge in [0.05, 0.1) is 11.1 Å². The molecule has 2 heterocycles. The molecule has 0 aliphatic carbocycles. The van der Waals surface area contributed by atoms with Crippen LogP contribution in [0.1, 0.15) is 17.5 Å². The number of hydrogen-bond donors (Lipinski definition) is 1. The summed E-state index contributed by atoms with van der Waals surface area (Å²) in [6.45, 7) is 0. The summed E-state index contributed by atoms with van der Waals surface area (Å²) in [5.41, 5.74) is 1.04. The molecule has 0 aliphatic rings. The van der Waals surface area contributed by atoms with Crippen LogP contribution in [0, 0.1) is 0 Å². The summed E-state index contributed by atoms with van der Waals surface area (Å²) < 4.78 is 67.9. The Morgan fingerprint density at radius 2 is 1.81 bits per heavy atom. The fourth-order valence-electron chi connectivity index (χ4n) is 3.55. The quantitative estimate of drug-likeness (QED) is 0.388. The average molecular weight is 480 g/mol. The van der Waals surface area contributed by atoms with Gasteiger partial charge >= 0.3 is 12.1 Å². The minimum absolute atomic E-state index is 0.0301. The summed E-state index contributed by atoms with van der Waals surface area (Å²) in [6, 6.07) is 10.8. The smallest absolute Gasteiger partial charge is 0.417 e. The van der Waals surface area contributed by atoms with Crippen molar-refractivity contribution in [3.63, 3.8) is 0 Å². The van der Waals surface area contributed by atoms with Crippen molar-refractivity contribution in [1.29, 1.82) is 0 Å². The molecule has 0 unspecified atom stereocenters. The van der Waals surface area contributed by atoms with E-state index in [0.29, 0.717) is 10.9 Å². The van der Waals surface area contributed by atoms with Gasteiger partial charge in [-0.3, -0.25) is 4.79 Å². The number of carboxylic acids is 1. The van der Waals surface area contributed by atoms with Crippen molar-refractivity contribution in [2.45, 2.75) is 23.9 Å². The van der Waals surface area contributed by atoms with Crippen LogP contribution < -0.4 is 0 Å². The SMILES string of the molecule is O=C(O)CCc1cn(S(=O)(=O)c2ccccc2C(F)(F)F)c2ccc(-c3ccsc3)cc12. The van der Waals surface area contributed by atoms with Crippen LogP contribution in [0.2, 0.25) is 0 Å². The number of aryl methyl sites for hydroxylation is 1. The van der Waals surface area contributed by atoms with Gasteiger partial charge in [0.1, 0.15) is 4.90 Å². The molecule has 0 fully saturated rings. The van der Waals surface area contributed by atoms with Gasteiger partial charge in [0, 0.05) is 18.0 Å². The maximum absolute atomic E-state index is 13.5. The Morgan fingerprint density at radius 3 is 2.47 bits per heavy atom. The van der Waals surface area contributed by atoms with E-state index in [2.05, 4.69) is 0 Å². The van der Waals surface area contributed by atoms with E-state index in [0.717, 1.165) is 33.3 Å². The Hall–Kier alpha value is -3.11. The molecule has 32 heavy (non-hydrogen) atoms. The number of nitrogens with zero attached hydrogens (tertiary/aromatic N) is 1. The van der Waals surface area contributed by atoms with Gasteiger partial charge in [-0.25, -0.2) is 12.4 Å². The van der Waals surface area contributed by atoms with Crippen LogP contribution in [-0.2, 0) is 27.4 Å². The third-order valence-electron chi connectivity index (χ3n) is 5.05. The highest BCUT2D eigenvalue weighted by atomic mass is 32.2. The monoisotopic (exact) mass is 479 g/mol. The van der Waals surface area contributed by atoms with Gasteiger partial charge in [0.15, 0.2) is 0 Å². The van der Waals surface area contributed by atoms with Crippen LogP contribution in [-0.4, -0.2) is 23.5 Å². The lowest BCUT2D eigenvalue weighted by molar-refractivity contribution is -0.140. The molecule has 4 aromatic rings. The largest absolute Gasteiger partial charge is 0.481 e. The van der Waals surface area contributed by atoms with Crippen LogP contribution in [0.3, 0.4) is 0 Å². The summed E-state index contributed by atoms with van der Waals surface area (Å²) in [7, 11) is -4.61. The van der Waals surface area contributed by atoms with Gasteiger partial charge in [-0.1, -0.05) is 18.2 Å². The molecule has 5 nitrogen and oxygen atoms in total. The number of aromatic nitrogens is 1.